The Bertz CT molecular complexity index is 656. The Labute approximate surface area is 145 Å². The van der Waals surface area contributed by atoms with E-state index in [2.05, 4.69) is 5.32 Å². The van der Waals surface area contributed by atoms with E-state index in [9.17, 15) is 9.59 Å². The van der Waals surface area contributed by atoms with Crippen LogP contribution in [-0.4, -0.2) is 17.6 Å². The summed E-state index contributed by atoms with van der Waals surface area (Å²) < 4.78 is 0. The minimum Gasteiger partial charge on any atom is -0.342 e. The van der Waals surface area contributed by atoms with Crippen LogP contribution in [0.1, 0.15) is 34.8 Å². The molecule has 0 aliphatic heterocycles. The lowest BCUT2D eigenvalue weighted by molar-refractivity contribution is -0.121. The van der Waals surface area contributed by atoms with Crippen LogP contribution in [0.15, 0.2) is 54.6 Å². The maximum absolute atomic E-state index is 12.8. The molecular weight excluding hydrogens is 333 g/mol. The Morgan fingerprint density at radius 1 is 1.00 bits per heavy atom. The van der Waals surface area contributed by atoms with Crippen molar-refractivity contribution in [2.45, 2.75) is 18.9 Å². The molecule has 3 nitrogen and oxygen atoms in total. The zero-order valence-electron chi connectivity index (χ0n) is 12.5. The van der Waals surface area contributed by atoms with Gasteiger partial charge in [0, 0.05) is 22.9 Å². The van der Waals surface area contributed by atoms with Crippen molar-refractivity contribution in [3.05, 3.63) is 70.7 Å². The van der Waals surface area contributed by atoms with E-state index in [0.29, 0.717) is 29.3 Å². The zero-order valence-corrected chi connectivity index (χ0v) is 14.0. The van der Waals surface area contributed by atoms with Crippen molar-refractivity contribution in [1.82, 2.24) is 5.32 Å². The number of halogens is 2. The predicted molar refractivity (Wildman–Crippen MR) is 93.1 cm³/mol. The third-order valence-electron chi connectivity index (χ3n) is 3.37. The molecule has 0 aromatic heterocycles. The summed E-state index contributed by atoms with van der Waals surface area (Å²) in [6.45, 7) is 0. The summed E-state index contributed by atoms with van der Waals surface area (Å²) in [5.74, 6) is 0.0445. The van der Waals surface area contributed by atoms with Gasteiger partial charge in [-0.2, -0.15) is 0 Å². The van der Waals surface area contributed by atoms with Gasteiger partial charge in [0.1, 0.15) is 6.04 Å². The first kappa shape index (κ1) is 17.5. The highest BCUT2D eigenvalue weighted by Gasteiger charge is 2.23. The minimum atomic E-state index is -0.722. The number of alkyl halides is 1. The fourth-order valence-corrected chi connectivity index (χ4v) is 2.45. The van der Waals surface area contributed by atoms with Gasteiger partial charge in [0.2, 0.25) is 5.91 Å². The molecule has 120 valence electrons. The molecule has 0 bridgehead atoms. The highest BCUT2D eigenvalue weighted by Crippen LogP contribution is 2.20. The summed E-state index contributed by atoms with van der Waals surface area (Å²) in [7, 11) is 0. The van der Waals surface area contributed by atoms with Crippen molar-refractivity contribution in [3.63, 3.8) is 0 Å². The molecule has 0 heterocycles. The van der Waals surface area contributed by atoms with Crippen molar-refractivity contribution < 1.29 is 9.59 Å². The average molecular weight is 350 g/mol. The van der Waals surface area contributed by atoms with Crippen molar-refractivity contribution in [2.24, 2.45) is 0 Å². The largest absolute Gasteiger partial charge is 0.342 e. The van der Waals surface area contributed by atoms with E-state index >= 15 is 0 Å². The molecule has 0 spiro atoms. The smallest absolute Gasteiger partial charge is 0.220 e. The van der Waals surface area contributed by atoms with Crippen LogP contribution in [0.2, 0.25) is 5.02 Å². The minimum absolute atomic E-state index is 0.174. The molecule has 0 saturated heterocycles. The molecule has 1 amide bonds. The molecule has 1 atom stereocenters. The van der Waals surface area contributed by atoms with Crippen molar-refractivity contribution in [2.75, 3.05) is 5.88 Å². The molecule has 1 N–H and O–H groups in total. The third kappa shape index (κ3) is 5.08. The van der Waals surface area contributed by atoms with E-state index in [1.54, 1.807) is 24.3 Å². The molecule has 0 aliphatic rings. The van der Waals surface area contributed by atoms with Gasteiger partial charge in [0.05, 0.1) is 0 Å². The summed E-state index contributed by atoms with van der Waals surface area (Å²) in [6, 6.07) is 15.1. The first-order valence-electron chi connectivity index (χ1n) is 7.32. The second kappa shape index (κ2) is 8.70. The normalized spacial score (nSPS) is 11.7. The van der Waals surface area contributed by atoms with Crippen LogP contribution in [0.25, 0.3) is 0 Å². The van der Waals surface area contributed by atoms with Gasteiger partial charge < -0.3 is 5.32 Å². The summed E-state index contributed by atoms with van der Waals surface area (Å²) in [6.07, 6.45) is 0.866. The number of nitrogens with one attached hydrogen (secondary N) is 1. The summed E-state index contributed by atoms with van der Waals surface area (Å²) in [5, 5.41) is 3.36. The Hall–Kier alpha value is -1.84. The molecule has 5 heteroatoms. The highest BCUT2D eigenvalue weighted by atomic mass is 35.5. The molecule has 0 radical (unpaired) electrons. The van der Waals surface area contributed by atoms with Gasteiger partial charge in [-0.05, 0) is 36.2 Å². The maximum atomic E-state index is 12.8. The molecule has 2 aromatic carbocycles. The summed E-state index contributed by atoms with van der Waals surface area (Å²) in [5.41, 5.74) is 1.24. The second-order valence-corrected chi connectivity index (χ2v) is 5.89. The lowest BCUT2D eigenvalue weighted by atomic mass is 9.97. The van der Waals surface area contributed by atoms with E-state index in [0.717, 1.165) is 5.56 Å². The predicted octanol–water partition coefficient (Wildman–Crippen LogP) is 4.40. The van der Waals surface area contributed by atoms with E-state index in [1.165, 1.54) is 0 Å². The summed E-state index contributed by atoms with van der Waals surface area (Å²) >= 11 is 11.5. The highest BCUT2D eigenvalue weighted by molar-refractivity contribution is 6.30. The van der Waals surface area contributed by atoms with Crippen molar-refractivity contribution in [3.8, 4) is 0 Å². The molecule has 2 aromatic rings. The second-order valence-electron chi connectivity index (χ2n) is 5.07. The molecule has 0 saturated carbocycles. The lowest BCUT2D eigenvalue weighted by Crippen LogP contribution is -2.33. The zero-order chi connectivity index (χ0) is 16.7. The van der Waals surface area contributed by atoms with Crippen molar-refractivity contribution >= 4 is 34.9 Å². The number of hydrogen-bond donors (Lipinski definition) is 1. The fraction of sp³-hybridized carbons (Fsp3) is 0.222. The van der Waals surface area contributed by atoms with Gasteiger partial charge in [0.25, 0.3) is 0 Å². The maximum Gasteiger partial charge on any atom is 0.220 e. The van der Waals surface area contributed by atoms with E-state index in [4.69, 9.17) is 23.2 Å². The first-order valence-corrected chi connectivity index (χ1v) is 8.23. The Kier molecular flexibility index (Phi) is 6.63. The first-order chi connectivity index (χ1) is 11.1. The Morgan fingerprint density at radius 2 is 1.65 bits per heavy atom. The summed E-state index contributed by atoms with van der Waals surface area (Å²) in [4.78, 5) is 24.8. The number of Topliss-reactive ketones (excluding diaryl/α,β-unsaturated/α-hetero) is 1. The number of amides is 1. The van der Waals surface area contributed by atoms with Crippen LogP contribution in [0.4, 0.5) is 0 Å². The van der Waals surface area contributed by atoms with E-state index in [-0.39, 0.29) is 11.7 Å². The van der Waals surface area contributed by atoms with E-state index in [1.807, 2.05) is 30.3 Å². The van der Waals surface area contributed by atoms with Gasteiger partial charge in [-0.15, -0.1) is 11.6 Å². The van der Waals surface area contributed by atoms with Gasteiger partial charge in [-0.25, -0.2) is 0 Å². The topological polar surface area (TPSA) is 46.2 Å². The Balaban J connectivity index is 2.24. The van der Waals surface area contributed by atoms with Crippen molar-refractivity contribution in [1.29, 1.82) is 0 Å². The quantitative estimate of drug-likeness (QED) is 0.594. The van der Waals surface area contributed by atoms with Gasteiger partial charge in [-0.3, -0.25) is 9.59 Å². The van der Waals surface area contributed by atoms with Crippen LogP contribution in [0.3, 0.4) is 0 Å². The molecule has 23 heavy (non-hydrogen) atoms. The SMILES string of the molecule is O=C(CCCCl)NC(C(=O)c1ccc(Cl)cc1)c1ccccc1. The number of hydrogen-bond acceptors (Lipinski definition) is 2. The van der Waals surface area contributed by atoms with E-state index < -0.39 is 6.04 Å². The number of carbonyl (C=O) groups is 2. The molecule has 1 unspecified atom stereocenters. The number of rotatable bonds is 7. The number of carbonyl (C=O) groups excluding carboxylic acids is 2. The molecule has 2 rings (SSSR count). The Morgan fingerprint density at radius 3 is 2.26 bits per heavy atom. The standard InChI is InChI=1S/C18H17Cl2NO2/c19-12-4-7-16(22)21-17(13-5-2-1-3-6-13)18(23)14-8-10-15(20)11-9-14/h1-3,5-6,8-11,17H,4,7,12H2,(H,21,22). The van der Waals surface area contributed by atoms with Gasteiger partial charge >= 0.3 is 0 Å². The number of ketones is 1. The fourth-order valence-electron chi connectivity index (χ4n) is 2.19. The van der Waals surface area contributed by atoms with Crippen LogP contribution in [-0.2, 0) is 4.79 Å². The monoisotopic (exact) mass is 349 g/mol. The van der Waals surface area contributed by atoms with Gasteiger partial charge in [-0.1, -0.05) is 41.9 Å². The van der Waals surface area contributed by atoms with Gasteiger partial charge in [0.15, 0.2) is 5.78 Å². The van der Waals surface area contributed by atoms with Crippen LogP contribution in [0, 0.1) is 0 Å². The third-order valence-corrected chi connectivity index (χ3v) is 3.89. The molecule has 0 fully saturated rings. The van der Waals surface area contributed by atoms with Crippen LogP contribution >= 0.6 is 23.2 Å². The molecular formula is C18H17Cl2NO2. The van der Waals surface area contributed by atoms with Crippen LogP contribution in [0.5, 0.6) is 0 Å². The molecule has 0 aliphatic carbocycles. The number of benzene rings is 2. The average Bonchev–Trinajstić information content (AvgIpc) is 2.58. The lowest BCUT2D eigenvalue weighted by Gasteiger charge is -2.18. The van der Waals surface area contributed by atoms with Crippen LogP contribution < -0.4 is 5.32 Å².